The fraction of sp³-hybridized carbons (Fsp3) is 0.500. The van der Waals surface area contributed by atoms with Crippen molar-refractivity contribution < 1.29 is 29.1 Å². The van der Waals surface area contributed by atoms with Gasteiger partial charge in [0.1, 0.15) is 5.60 Å². The molecule has 9 heteroatoms. The lowest BCUT2D eigenvalue weighted by Crippen LogP contribution is -2.44. The fourth-order valence-corrected chi connectivity index (χ4v) is 1.38. The van der Waals surface area contributed by atoms with Crippen LogP contribution in [0.3, 0.4) is 0 Å². The molecule has 140 valence electrons. The summed E-state index contributed by atoms with van der Waals surface area (Å²) in [4.78, 5) is 22.1. The van der Waals surface area contributed by atoms with Crippen LogP contribution >= 0.6 is 0 Å². The number of nitrogens with one attached hydrogen (secondary N) is 2. The smallest absolute Gasteiger partial charge is 0.448 e. The van der Waals surface area contributed by atoms with Crippen LogP contribution in [0.1, 0.15) is 40.5 Å². The average molecular weight is 354 g/mol. The second kappa shape index (κ2) is 12.2. The van der Waals surface area contributed by atoms with Crippen molar-refractivity contribution in [3.63, 3.8) is 0 Å². The molecule has 1 aromatic rings. The largest absolute Gasteiger partial charge is 0.488 e. The van der Waals surface area contributed by atoms with E-state index in [4.69, 9.17) is 19.5 Å². The monoisotopic (exact) mass is 354 g/mol. The van der Waals surface area contributed by atoms with Crippen molar-refractivity contribution in [1.82, 2.24) is 10.9 Å². The lowest BCUT2D eigenvalue weighted by molar-refractivity contribution is 0.0485. The summed E-state index contributed by atoms with van der Waals surface area (Å²) in [5.74, 6) is 0. The van der Waals surface area contributed by atoms with Gasteiger partial charge in [0.05, 0.1) is 6.61 Å². The standard InChI is InChI=1S/C10H20N2O4.C6H7BO2/c1-5-6-7-15-8(13)11-12-9(14)16-10(2,3)4;8-7(9)6-4-2-1-3-5-6/h5-7H2,1-4H3,(H,11,13)(H,12,14);1-5,8-9H. The number of carbonyl (C=O) groups excluding carboxylic acids is 2. The zero-order valence-corrected chi connectivity index (χ0v) is 15.1. The molecule has 8 nitrogen and oxygen atoms in total. The Hall–Kier alpha value is -2.26. The lowest BCUT2D eigenvalue weighted by Gasteiger charge is -2.19. The Kier molecular flexibility index (Phi) is 11.1. The van der Waals surface area contributed by atoms with Gasteiger partial charge in [0.25, 0.3) is 0 Å². The van der Waals surface area contributed by atoms with Crippen molar-refractivity contribution >= 4 is 24.8 Å². The number of benzene rings is 1. The third kappa shape index (κ3) is 13.8. The van der Waals surface area contributed by atoms with Crippen molar-refractivity contribution in [1.29, 1.82) is 0 Å². The summed E-state index contributed by atoms with van der Waals surface area (Å²) < 4.78 is 9.64. The number of hydrazine groups is 1. The zero-order chi connectivity index (χ0) is 19.3. The number of hydrogen-bond acceptors (Lipinski definition) is 6. The zero-order valence-electron chi connectivity index (χ0n) is 15.1. The minimum Gasteiger partial charge on any atom is -0.448 e. The van der Waals surface area contributed by atoms with Crippen LogP contribution < -0.4 is 16.3 Å². The Labute approximate surface area is 148 Å². The van der Waals surface area contributed by atoms with Crippen LogP contribution in [0.15, 0.2) is 30.3 Å². The molecule has 0 heterocycles. The molecule has 1 rings (SSSR count). The highest BCUT2D eigenvalue weighted by Gasteiger charge is 2.16. The summed E-state index contributed by atoms with van der Waals surface area (Å²) in [6, 6.07) is 8.66. The van der Waals surface area contributed by atoms with Crippen LogP contribution in [0.4, 0.5) is 9.59 Å². The van der Waals surface area contributed by atoms with Crippen LogP contribution in [0.5, 0.6) is 0 Å². The van der Waals surface area contributed by atoms with E-state index in [0.29, 0.717) is 12.1 Å². The maximum absolute atomic E-state index is 11.1. The van der Waals surface area contributed by atoms with Crippen molar-refractivity contribution in [3.8, 4) is 0 Å². The van der Waals surface area contributed by atoms with Gasteiger partial charge in [-0.2, -0.15) is 0 Å². The molecule has 0 radical (unpaired) electrons. The van der Waals surface area contributed by atoms with E-state index in [1.807, 2.05) is 13.0 Å². The molecule has 0 bridgehead atoms. The maximum Gasteiger partial charge on any atom is 0.488 e. The molecule has 0 aliphatic carbocycles. The van der Waals surface area contributed by atoms with Crippen molar-refractivity contribution in [2.45, 2.75) is 46.1 Å². The van der Waals surface area contributed by atoms with Gasteiger partial charge < -0.3 is 19.5 Å². The van der Waals surface area contributed by atoms with E-state index >= 15 is 0 Å². The van der Waals surface area contributed by atoms with Crippen LogP contribution in [0.2, 0.25) is 0 Å². The van der Waals surface area contributed by atoms with Crippen LogP contribution in [-0.4, -0.2) is 41.6 Å². The number of unbranched alkanes of at least 4 members (excludes halogenated alkanes) is 1. The molecule has 4 N–H and O–H groups in total. The lowest BCUT2D eigenvalue weighted by atomic mass is 9.81. The number of rotatable bonds is 4. The molecule has 2 amide bonds. The Morgan fingerprint density at radius 2 is 1.64 bits per heavy atom. The molecular weight excluding hydrogens is 327 g/mol. The van der Waals surface area contributed by atoms with Crippen molar-refractivity contribution in [2.24, 2.45) is 0 Å². The molecule has 0 spiro atoms. The van der Waals surface area contributed by atoms with E-state index in [9.17, 15) is 9.59 Å². The summed E-state index contributed by atoms with van der Waals surface area (Å²) in [5, 5.41) is 17.2. The minimum absolute atomic E-state index is 0.332. The second-order valence-electron chi connectivity index (χ2n) is 6.03. The summed E-state index contributed by atoms with van der Waals surface area (Å²) in [5.41, 5.74) is 4.08. The molecule has 0 aliphatic heterocycles. The molecule has 1 aromatic carbocycles. The van der Waals surface area contributed by atoms with Crippen molar-refractivity contribution in [2.75, 3.05) is 6.61 Å². The van der Waals surface area contributed by atoms with Gasteiger partial charge in [-0.1, -0.05) is 43.7 Å². The second-order valence-corrected chi connectivity index (χ2v) is 6.03. The molecule has 0 aliphatic rings. The van der Waals surface area contributed by atoms with Crippen LogP contribution in [0.25, 0.3) is 0 Å². The Morgan fingerprint density at radius 3 is 2.08 bits per heavy atom. The molecule has 25 heavy (non-hydrogen) atoms. The quantitative estimate of drug-likeness (QED) is 0.368. The first-order chi connectivity index (χ1) is 11.7. The van der Waals surface area contributed by atoms with Crippen molar-refractivity contribution in [3.05, 3.63) is 30.3 Å². The van der Waals surface area contributed by atoms with Gasteiger partial charge in [-0.05, 0) is 32.7 Å². The summed E-state index contributed by atoms with van der Waals surface area (Å²) >= 11 is 0. The van der Waals surface area contributed by atoms with Gasteiger partial charge in [0.2, 0.25) is 0 Å². The minimum atomic E-state index is -1.34. The van der Waals surface area contributed by atoms with E-state index in [-0.39, 0.29) is 0 Å². The molecule has 0 saturated carbocycles. The SMILES string of the molecule is CCCCOC(=O)NNC(=O)OC(C)(C)C.OB(O)c1ccccc1. The molecule has 0 atom stereocenters. The highest BCUT2D eigenvalue weighted by molar-refractivity contribution is 6.58. The van der Waals surface area contributed by atoms with Gasteiger partial charge in [-0.25, -0.2) is 20.4 Å². The topological polar surface area (TPSA) is 117 Å². The first-order valence-corrected chi connectivity index (χ1v) is 7.98. The van der Waals surface area contributed by atoms with E-state index in [1.165, 1.54) is 0 Å². The van der Waals surface area contributed by atoms with Gasteiger partial charge in [0.15, 0.2) is 0 Å². The predicted molar refractivity (Wildman–Crippen MR) is 95.0 cm³/mol. The fourth-order valence-electron chi connectivity index (χ4n) is 1.38. The highest BCUT2D eigenvalue weighted by atomic mass is 16.6. The van der Waals surface area contributed by atoms with Gasteiger partial charge in [-0.15, -0.1) is 0 Å². The van der Waals surface area contributed by atoms with E-state index < -0.39 is 24.9 Å². The molecule has 0 aromatic heterocycles. The Bertz CT molecular complexity index is 505. The predicted octanol–water partition coefficient (Wildman–Crippen LogP) is 1.32. The number of carbonyl (C=O) groups is 2. The third-order valence-corrected chi connectivity index (χ3v) is 2.49. The van der Waals surface area contributed by atoms with E-state index in [0.717, 1.165) is 12.8 Å². The van der Waals surface area contributed by atoms with E-state index in [1.54, 1.807) is 45.0 Å². The van der Waals surface area contributed by atoms with Crippen LogP contribution in [0, 0.1) is 0 Å². The summed E-state index contributed by atoms with van der Waals surface area (Å²) in [7, 11) is -1.34. The average Bonchev–Trinajstić information content (AvgIpc) is 2.53. The molecule has 0 unspecified atom stereocenters. The van der Waals surface area contributed by atoms with Gasteiger partial charge >= 0.3 is 19.3 Å². The maximum atomic E-state index is 11.1. The van der Waals surface area contributed by atoms with E-state index in [2.05, 4.69) is 10.9 Å². The molecule has 0 fully saturated rings. The van der Waals surface area contributed by atoms with Gasteiger partial charge in [0, 0.05) is 0 Å². The normalized spacial score (nSPS) is 10.0. The summed E-state index contributed by atoms with van der Waals surface area (Å²) in [6.45, 7) is 7.50. The summed E-state index contributed by atoms with van der Waals surface area (Å²) in [6.07, 6.45) is 0.311. The highest BCUT2D eigenvalue weighted by Crippen LogP contribution is 2.05. The molecule has 0 saturated heterocycles. The number of ether oxygens (including phenoxy) is 2. The Morgan fingerprint density at radius 1 is 1.08 bits per heavy atom. The number of hydrogen-bond donors (Lipinski definition) is 4. The van der Waals surface area contributed by atoms with Gasteiger partial charge in [-0.3, -0.25) is 0 Å². The Balaban J connectivity index is 0.000000535. The number of amides is 2. The first-order valence-electron chi connectivity index (χ1n) is 7.98. The van der Waals surface area contributed by atoms with Crippen LogP contribution in [-0.2, 0) is 9.47 Å². The molecular formula is C16H27BN2O6. The first kappa shape index (κ1) is 22.7. The third-order valence-electron chi connectivity index (χ3n) is 2.49.